The summed E-state index contributed by atoms with van der Waals surface area (Å²) in [6.07, 6.45) is 6.91. The van der Waals surface area contributed by atoms with Crippen molar-refractivity contribution in [3.8, 4) is 0 Å². The molecule has 1 saturated heterocycles. The molecular formula is C16H23N. The van der Waals surface area contributed by atoms with Crippen LogP contribution in [-0.2, 0) is 0 Å². The quantitative estimate of drug-likeness (QED) is 0.808. The Hall–Kier alpha value is -0.820. The van der Waals surface area contributed by atoms with Crippen molar-refractivity contribution in [2.45, 2.75) is 51.0 Å². The Morgan fingerprint density at radius 1 is 1.00 bits per heavy atom. The highest BCUT2D eigenvalue weighted by Gasteiger charge is 2.26. The van der Waals surface area contributed by atoms with E-state index < -0.39 is 0 Å². The molecular weight excluding hydrogens is 206 g/mol. The van der Waals surface area contributed by atoms with Crippen molar-refractivity contribution < 1.29 is 0 Å². The van der Waals surface area contributed by atoms with Crippen molar-refractivity contribution in [1.82, 2.24) is 5.32 Å². The summed E-state index contributed by atoms with van der Waals surface area (Å²) in [6.45, 7) is 3.53. The summed E-state index contributed by atoms with van der Waals surface area (Å²) in [7, 11) is 0. The van der Waals surface area contributed by atoms with E-state index in [1.54, 1.807) is 11.1 Å². The normalized spacial score (nSPS) is 29.9. The standard InChI is InChI=1S/C16H23N/c1-12-9-10-16(17-11-12)15-8-3-2-7-14(15)13-5-4-6-13/h2-3,7-8,12-13,16-17H,4-6,9-11H2,1H3. The van der Waals surface area contributed by atoms with Crippen LogP contribution in [0, 0.1) is 5.92 Å². The van der Waals surface area contributed by atoms with Gasteiger partial charge >= 0.3 is 0 Å². The van der Waals surface area contributed by atoms with Gasteiger partial charge in [-0.2, -0.15) is 0 Å². The summed E-state index contributed by atoms with van der Waals surface area (Å²) in [6, 6.07) is 9.74. The number of benzene rings is 1. The average Bonchev–Trinajstić information content (AvgIpc) is 2.29. The van der Waals surface area contributed by atoms with Gasteiger partial charge < -0.3 is 5.32 Å². The molecule has 1 aromatic carbocycles. The first kappa shape index (κ1) is 11.3. The van der Waals surface area contributed by atoms with Crippen LogP contribution >= 0.6 is 0 Å². The third-order valence-corrected chi connectivity index (χ3v) is 4.58. The molecule has 3 rings (SSSR count). The first-order chi connectivity index (χ1) is 8.34. The maximum atomic E-state index is 3.73. The van der Waals surface area contributed by atoms with Crippen LogP contribution in [0.25, 0.3) is 0 Å². The van der Waals surface area contributed by atoms with Gasteiger partial charge in [0, 0.05) is 6.04 Å². The van der Waals surface area contributed by atoms with Gasteiger partial charge in [0.1, 0.15) is 0 Å². The third kappa shape index (κ3) is 2.26. The molecule has 17 heavy (non-hydrogen) atoms. The Kier molecular flexibility index (Phi) is 3.19. The largest absolute Gasteiger partial charge is 0.310 e. The molecule has 2 aliphatic rings. The Labute approximate surface area is 105 Å². The van der Waals surface area contributed by atoms with Crippen molar-refractivity contribution >= 4 is 0 Å². The van der Waals surface area contributed by atoms with Crippen molar-refractivity contribution in [2.24, 2.45) is 5.92 Å². The Balaban J connectivity index is 1.81. The molecule has 92 valence electrons. The molecule has 1 nitrogen and oxygen atoms in total. The molecule has 0 spiro atoms. The number of hydrogen-bond donors (Lipinski definition) is 1. The zero-order valence-corrected chi connectivity index (χ0v) is 10.8. The second-order valence-electron chi connectivity index (χ2n) is 5.90. The van der Waals surface area contributed by atoms with E-state index in [0.29, 0.717) is 6.04 Å². The van der Waals surface area contributed by atoms with Gasteiger partial charge in [0.05, 0.1) is 0 Å². The van der Waals surface area contributed by atoms with Crippen LogP contribution < -0.4 is 5.32 Å². The molecule has 0 amide bonds. The van der Waals surface area contributed by atoms with E-state index in [1.165, 1.54) is 38.6 Å². The summed E-state index contributed by atoms with van der Waals surface area (Å²) >= 11 is 0. The van der Waals surface area contributed by atoms with E-state index in [9.17, 15) is 0 Å². The highest BCUT2D eigenvalue weighted by Crippen LogP contribution is 2.40. The predicted molar refractivity (Wildman–Crippen MR) is 72.2 cm³/mol. The first-order valence-corrected chi connectivity index (χ1v) is 7.17. The van der Waals surface area contributed by atoms with Crippen molar-refractivity contribution in [3.05, 3.63) is 35.4 Å². The molecule has 2 fully saturated rings. The van der Waals surface area contributed by atoms with Crippen LogP contribution in [0.1, 0.15) is 62.1 Å². The van der Waals surface area contributed by atoms with Crippen LogP contribution in [0.5, 0.6) is 0 Å². The van der Waals surface area contributed by atoms with Gasteiger partial charge in [-0.05, 0) is 55.2 Å². The predicted octanol–water partition coefficient (Wildman–Crippen LogP) is 4.01. The summed E-state index contributed by atoms with van der Waals surface area (Å²) < 4.78 is 0. The lowest BCUT2D eigenvalue weighted by molar-refractivity contribution is 0.327. The lowest BCUT2D eigenvalue weighted by atomic mass is 9.76. The molecule has 2 unspecified atom stereocenters. The minimum Gasteiger partial charge on any atom is -0.310 e. The number of nitrogens with one attached hydrogen (secondary N) is 1. The Morgan fingerprint density at radius 2 is 1.76 bits per heavy atom. The molecule has 1 heteroatoms. The minimum atomic E-state index is 0.614. The van der Waals surface area contributed by atoms with Crippen LogP contribution in [0.4, 0.5) is 0 Å². The number of hydrogen-bond acceptors (Lipinski definition) is 1. The van der Waals surface area contributed by atoms with E-state index >= 15 is 0 Å². The molecule has 1 heterocycles. The summed E-state index contributed by atoms with van der Waals surface area (Å²) in [5.41, 5.74) is 3.22. The van der Waals surface area contributed by atoms with E-state index in [-0.39, 0.29) is 0 Å². The van der Waals surface area contributed by atoms with E-state index in [0.717, 1.165) is 11.8 Å². The molecule has 0 bridgehead atoms. The average molecular weight is 229 g/mol. The molecule has 2 atom stereocenters. The fourth-order valence-corrected chi connectivity index (χ4v) is 3.18. The fraction of sp³-hybridized carbons (Fsp3) is 0.625. The topological polar surface area (TPSA) is 12.0 Å². The highest BCUT2D eigenvalue weighted by atomic mass is 14.9. The monoisotopic (exact) mass is 229 g/mol. The van der Waals surface area contributed by atoms with Gasteiger partial charge in [0.15, 0.2) is 0 Å². The van der Waals surface area contributed by atoms with Crippen LogP contribution in [0.15, 0.2) is 24.3 Å². The Bertz CT molecular complexity index is 373. The fourth-order valence-electron chi connectivity index (χ4n) is 3.18. The zero-order chi connectivity index (χ0) is 11.7. The van der Waals surface area contributed by atoms with Gasteiger partial charge in [-0.3, -0.25) is 0 Å². The van der Waals surface area contributed by atoms with Gasteiger partial charge in [-0.15, -0.1) is 0 Å². The zero-order valence-electron chi connectivity index (χ0n) is 10.8. The van der Waals surface area contributed by atoms with Crippen LogP contribution in [0.3, 0.4) is 0 Å². The van der Waals surface area contributed by atoms with Crippen molar-refractivity contribution in [1.29, 1.82) is 0 Å². The summed E-state index contributed by atoms with van der Waals surface area (Å²) in [5, 5.41) is 3.73. The highest BCUT2D eigenvalue weighted by molar-refractivity contribution is 5.34. The molecule has 1 aromatic rings. The van der Waals surface area contributed by atoms with Crippen LogP contribution in [0.2, 0.25) is 0 Å². The SMILES string of the molecule is CC1CCC(c2ccccc2C2CCC2)NC1. The van der Waals surface area contributed by atoms with E-state index in [2.05, 4.69) is 36.5 Å². The molecule has 1 aliphatic heterocycles. The van der Waals surface area contributed by atoms with Gasteiger partial charge in [0.2, 0.25) is 0 Å². The third-order valence-electron chi connectivity index (χ3n) is 4.58. The maximum absolute atomic E-state index is 3.73. The molecule has 0 aromatic heterocycles. The minimum absolute atomic E-state index is 0.614. The summed E-state index contributed by atoms with van der Waals surface area (Å²) in [5.74, 6) is 1.70. The molecule has 0 radical (unpaired) electrons. The smallest absolute Gasteiger partial charge is 0.0323 e. The second-order valence-corrected chi connectivity index (χ2v) is 5.90. The lowest BCUT2D eigenvalue weighted by Gasteiger charge is -2.33. The number of piperidine rings is 1. The van der Waals surface area contributed by atoms with Gasteiger partial charge in [-0.1, -0.05) is 37.6 Å². The lowest BCUT2D eigenvalue weighted by Crippen LogP contribution is -2.32. The summed E-state index contributed by atoms with van der Waals surface area (Å²) in [4.78, 5) is 0. The number of rotatable bonds is 2. The molecule has 1 N–H and O–H groups in total. The second kappa shape index (κ2) is 4.81. The maximum Gasteiger partial charge on any atom is 0.0323 e. The van der Waals surface area contributed by atoms with Crippen LogP contribution in [-0.4, -0.2) is 6.54 Å². The van der Waals surface area contributed by atoms with Gasteiger partial charge in [0.25, 0.3) is 0 Å². The van der Waals surface area contributed by atoms with Gasteiger partial charge in [-0.25, -0.2) is 0 Å². The van der Waals surface area contributed by atoms with E-state index in [1.807, 2.05) is 0 Å². The first-order valence-electron chi connectivity index (χ1n) is 7.17. The Morgan fingerprint density at radius 3 is 2.35 bits per heavy atom. The van der Waals surface area contributed by atoms with E-state index in [4.69, 9.17) is 0 Å². The van der Waals surface area contributed by atoms with Crippen molar-refractivity contribution in [3.63, 3.8) is 0 Å². The molecule has 1 saturated carbocycles. The van der Waals surface area contributed by atoms with Crippen molar-refractivity contribution in [2.75, 3.05) is 6.54 Å². The molecule has 1 aliphatic carbocycles.